The van der Waals surface area contributed by atoms with Gasteiger partial charge in [0.1, 0.15) is 9.71 Å². The molecule has 1 amide bonds. The number of hydrogen-bond donors (Lipinski definition) is 2. The molecule has 4 nitrogen and oxygen atoms in total. The van der Waals surface area contributed by atoms with Gasteiger partial charge in [0.05, 0.1) is 11.4 Å². The van der Waals surface area contributed by atoms with Crippen molar-refractivity contribution >= 4 is 38.8 Å². The number of carbonyl (C=O) groups is 1. The number of nitrogens with one attached hydrogen (secondary N) is 1. The Labute approximate surface area is 161 Å². The number of carbonyl (C=O) groups excluding carboxylic acids is 1. The molecule has 4 rings (SSSR count). The second-order valence-corrected chi connectivity index (χ2v) is 7.58. The first kappa shape index (κ1) is 17.2. The molecule has 2 heterocycles. The molecule has 134 valence electrons. The molecule has 0 aliphatic rings. The Hall–Kier alpha value is -3.18. The minimum absolute atomic E-state index is 0.212. The summed E-state index contributed by atoms with van der Waals surface area (Å²) >= 11 is 1.32. The van der Waals surface area contributed by atoms with E-state index in [0.29, 0.717) is 10.6 Å². The number of anilines is 2. The molecular formula is C22H19N3OS. The maximum absolute atomic E-state index is 12.7. The average molecular weight is 373 g/mol. The van der Waals surface area contributed by atoms with E-state index in [-0.39, 0.29) is 5.91 Å². The zero-order chi connectivity index (χ0) is 19.0. The van der Waals surface area contributed by atoms with E-state index in [2.05, 4.69) is 24.4 Å². The molecule has 0 aliphatic carbocycles. The first-order chi connectivity index (χ1) is 13.0. The van der Waals surface area contributed by atoms with Crippen molar-refractivity contribution in [3.63, 3.8) is 0 Å². The summed E-state index contributed by atoms with van der Waals surface area (Å²) in [5, 5.41) is 3.71. The molecule has 2 aromatic carbocycles. The van der Waals surface area contributed by atoms with Gasteiger partial charge in [-0.25, -0.2) is 4.98 Å². The Bertz CT molecular complexity index is 1130. The third-order valence-corrected chi connectivity index (χ3v) is 5.57. The number of amides is 1. The number of aryl methyl sites for hydroxylation is 2. The second kappa shape index (κ2) is 6.85. The molecule has 0 saturated heterocycles. The van der Waals surface area contributed by atoms with Gasteiger partial charge >= 0.3 is 0 Å². The maximum Gasteiger partial charge on any atom is 0.267 e. The van der Waals surface area contributed by atoms with Crippen molar-refractivity contribution in [3.05, 3.63) is 76.7 Å². The van der Waals surface area contributed by atoms with E-state index in [9.17, 15) is 4.79 Å². The van der Waals surface area contributed by atoms with Crippen LogP contribution in [0.3, 0.4) is 0 Å². The Morgan fingerprint density at radius 3 is 2.22 bits per heavy atom. The van der Waals surface area contributed by atoms with Gasteiger partial charge in [-0.2, -0.15) is 0 Å². The van der Waals surface area contributed by atoms with E-state index in [1.807, 2.05) is 55.5 Å². The van der Waals surface area contributed by atoms with Gasteiger partial charge in [-0.15, -0.1) is 11.3 Å². The van der Waals surface area contributed by atoms with Crippen LogP contribution in [0.5, 0.6) is 0 Å². The molecule has 0 spiro atoms. The van der Waals surface area contributed by atoms with E-state index in [1.54, 1.807) is 0 Å². The highest BCUT2D eigenvalue weighted by Gasteiger charge is 2.18. The lowest BCUT2D eigenvalue weighted by molar-refractivity contribution is 0.103. The predicted octanol–water partition coefficient (Wildman–Crippen LogP) is 5.41. The zero-order valence-electron chi connectivity index (χ0n) is 15.1. The highest BCUT2D eigenvalue weighted by atomic mass is 32.1. The van der Waals surface area contributed by atoms with Crippen LogP contribution >= 0.6 is 11.3 Å². The number of benzene rings is 2. The zero-order valence-corrected chi connectivity index (χ0v) is 15.9. The molecule has 27 heavy (non-hydrogen) atoms. The predicted molar refractivity (Wildman–Crippen MR) is 113 cm³/mol. The maximum atomic E-state index is 12.7. The Balaban J connectivity index is 1.67. The normalized spacial score (nSPS) is 10.9. The van der Waals surface area contributed by atoms with Crippen LogP contribution in [0.4, 0.5) is 11.4 Å². The van der Waals surface area contributed by atoms with Gasteiger partial charge in [0, 0.05) is 16.6 Å². The summed E-state index contributed by atoms with van der Waals surface area (Å²) in [5.74, 6) is -0.212. The van der Waals surface area contributed by atoms with Crippen LogP contribution in [-0.4, -0.2) is 10.9 Å². The fourth-order valence-electron chi connectivity index (χ4n) is 2.88. The van der Waals surface area contributed by atoms with Crippen LogP contribution in [0.2, 0.25) is 0 Å². The summed E-state index contributed by atoms with van der Waals surface area (Å²) < 4.78 is 0. The number of aromatic nitrogens is 1. The van der Waals surface area contributed by atoms with Crippen LogP contribution in [0.15, 0.2) is 60.7 Å². The quantitative estimate of drug-likeness (QED) is 0.504. The monoisotopic (exact) mass is 373 g/mol. The summed E-state index contributed by atoms with van der Waals surface area (Å²) in [6.45, 7) is 4.06. The van der Waals surface area contributed by atoms with Crippen molar-refractivity contribution in [2.45, 2.75) is 13.8 Å². The molecule has 0 atom stereocenters. The Morgan fingerprint density at radius 1 is 0.926 bits per heavy atom. The van der Waals surface area contributed by atoms with Crippen molar-refractivity contribution in [2.75, 3.05) is 11.1 Å². The van der Waals surface area contributed by atoms with Crippen LogP contribution in [0.1, 0.15) is 20.8 Å². The van der Waals surface area contributed by atoms with Gasteiger partial charge in [-0.1, -0.05) is 47.5 Å². The van der Waals surface area contributed by atoms with Crippen LogP contribution in [-0.2, 0) is 0 Å². The molecule has 2 aromatic heterocycles. The van der Waals surface area contributed by atoms with Gasteiger partial charge in [0.2, 0.25) is 0 Å². The summed E-state index contributed by atoms with van der Waals surface area (Å²) in [6, 6.07) is 19.8. The third-order valence-electron chi connectivity index (χ3n) is 4.46. The van der Waals surface area contributed by atoms with Crippen molar-refractivity contribution in [1.82, 2.24) is 4.98 Å². The number of nitrogens with two attached hydrogens (primary N) is 1. The smallest absolute Gasteiger partial charge is 0.267 e. The SMILES string of the molecule is Cc1ccc(NC(=O)c2sc3nc(-c4ccc(C)cc4)ccc3c2N)cc1. The van der Waals surface area contributed by atoms with E-state index >= 15 is 0 Å². The molecule has 0 unspecified atom stereocenters. The molecule has 0 fully saturated rings. The Morgan fingerprint density at radius 2 is 1.56 bits per heavy atom. The van der Waals surface area contributed by atoms with E-state index < -0.39 is 0 Å². The van der Waals surface area contributed by atoms with E-state index in [4.69, 9.17) is 10.7 Å². The number of hydrogen-bond acceptors (Lipinski definition) is 4. The van der Waals surface area contributed by atoms with Gasteiger partial charge < -0.3 is 11.1 Å². The highest BCUT2D eigenvalue weighted by molar-refractivity contribution is 7.21. The lowest BCUT2D eigenvalue weighted by Gasteiger charge is -2.04. The number of thiophene rings is 1. The second-order valence-electron chi connectivity index (χ2n) is 6.58. The van der Waals surface area contributed by atoms with E-state index in [0.717, 1.165) is 32.7 Å². The van der Waals surface area contributed by atoms with Crippen molar-refractivity contribution in [1.29, 1.82) is 0 Å². The first-order valence-corrected chi connectivity index (χ1v) is 9.47. The topological polar surface area (TPSA) is 68.0 Å². The van der Waals surface area contributed by atoms with Gasteiger partial charge in [-0.3, -0.25) is 4.79 Å². The largest absolute Gasteiger partial charge is 0.397 e. The minimum atomic E-state index is -0.212. The summed E-state index contributed by atoms with van der Waals surface area (Å²) in [4.78, 5) is 18.6. The van der Waals surface area contributed by atoms with Crippen molar-refractivity contribution in [2.24, 2.45) is 0 Å². The van der Waals surface area contributed by atoms with Crippen molar-refractivity contribution < 1.29 is 4.79 Å². The van der Waals surface area contributed by atoms with Gasteiger partial charge in [0.25, 0.3) is 5.91 Å². The highest BCUT2D eigenvalue weighted by Crippen LogP contribution is 2.34. The van der Waals surface area contributed by atoms with Crippen LogP contribution in [0, 0.1) is 13.8 Å². The standard InChI is InChI=1S/C22H19N3OS/c1-13-3-7-15(8-4-13)18-12-11-17-19(23)20(27-22(17)25-18)21(26)24-16-9-5-14(2)6-10-16/h3-12H,23H2,1-2H3,(H,24,26). The number of pyridine rings is 1. The third kappa shape index (κ3) is 3.41. The summed E-state index contributed by atoms with van der Waals surface area (Å²) in [5.41, 5.74) is 11.7. The van der Waals surface area contributed by atoms with Crippen LogP contribution < -0.4 is 11.1 Å². The fraction of sp³-hybridized carbons (Fsp3) is 0.0909. The molecule has 4 aromatic rings. The lowest BCUT2D eigenvalue weighted by atomic mass is 10.1. The summed E-state index contributed by atoms with van der Waals surface area (Å²) in [7, 11) is 0. The summed E-state index contributed by atoms with van der Waals surface area (Å²) in [6.07, 6.45) is 0. The molecule has 3 N–H and O–H groups in total. The number of fused-ring (bicyclic) bond motifs is 1. The molecular weight excluding hydrogens is 354 g/mol. The van der Waals surface area contributed by atoms with Gasteiger partial charge in [-0.05, 0) is 38.1 Å². The number of nitrogens with zero attached hydrogens (tertiary/aromatic N) is 1. The minimum Gasteiger partial charge on any atom is -0.397 e. The van der Waals surface area contributed by atoms with Gasteiger partial charge in [0.15, 0.2) is 0 Å². The average Bonchev–Trinajstić information content (AvgIpc) is 3.00. The molecule has 0 bridgehead atoms. The van der Waals surface area contributed by atoms with Crippen LogP contribution in [0.25, 0.3) is 21.5 Å². The number of nitrogen functional groups attached to an aromatic ring is 1. The number of rotatable bonds is 3. The lowest BCUT2D eigenvalue weighted by Crippen LogP contribution is -2.11. The molecule has 0 radical (unpaired) electrons. The molecule has 0 saturated carbocycles. The first-order valence-electron chi connectivity index (χ1n) is 8.65. The van der Waals surface area contributed by atoms with Crippen molar-refractivity contribution in [3.8, 4) is 11.3 Å². The fourth-order valence-corrected chi connectivity index (χ4v) is 3.86. The molecule has 5 heteroatoms. The van der Waals surface area contributed by atoms with E-state index in [1.165, 1.54) is 16.9 Å². The molecule has 0 aliphatic heterocycles. The Kier molecular flexibility index (Phi) is 4.38.